The first kappa shape index (κ1) is 15.4. The fourth-order valence-electron chi connectivity index (χ4n) is 3.17. The third kappa shape index (κ3) is 2.65. The van der Waals surface area contributed by atoms with Gasteiger partial charge in [-0.25, -0.2) is 9.37 Å². The molecule has 0 aliphatic carbocycles. The van der Waals surface area contributed by atoms with Crippen LogP contribution in [0.5, 0.6) is 5.75 Å². The second kappa shape index (κ2) is 6.05. The zero-order valence-corrected chi connectivity index (χ0v) is 13.6. The predicted octanol–water partition coefficient (Wildman–Crippen LogP) is 3.49. The van der Waals surface area contributed by atoms with Gasteiger partial charge in [0.1, 0.15) is 23.7 Å². The molecule has 3 aromatic rings. The Bertz CT molecular complexity index is 951. The monoisotopic (exact) mass is 337 g/mol. The van der Waals surface area contributed by atoms with Crippen LogP contribution in [0.4, 0.5) is 10.2 Å². The van der Waals surface area contributed by atoms with E-state index in [1.54, 1.807) is 36.2 Å². The van der Waals surface area contributed by atoms with E-state index in [2.05, 4.69) is 10.3 Å². The Morgan fingerprint density at radius 1 is 1.24 bits per heavy atom. The van der Waals surface area contributed by atoms with Gasteiger partial charge in [0.05, 0.1) is 18.5 Å². The standard InChI is InChI=1S/C19H16FN3O2/c1-25-13-6-4-5-12(9-13)14-10-17(24)22-19-18(14)21-11-23(19)16-8-3-2-7-15(16)20/h2-9,11,14H,10H2,1H3,(H,22,24)/t14-/m0/s1. The number of nitrogens with one attached hydrogen (secondary N) is 1. The highest BCUT2D eigenvalue weighted by Gasteiger charge is 2.31. The Morgan fingerprint density at radius 2 is 2.08 bits per heavy atom. The number of carbonyl (C=O) groups is 1. The summed E-state index contributed by atoms with van der Waals surface area (Å²) in [7, 11) is 1.60. The van der Waals surface area contributed by atoms with Crippen LogP contribution in [-0.4, -0.2) is 22.6 Å². The lowest BCUT2D eigenvalue weighted by atomic mass is 9.89. The molecule has 1 amide bonds. The molecular formula is C19H16FN3O2. The van der Waals surface area contributed by atoms with E-state index in [4.69, 9.17) is 4.74 Å². The molecule has 4 rings (SSSR count). The van der Waals surface area contributed by atoms with Crippen LogP contribution in [0.1, 0.15) is 23.6 Å². The van der Waals surface area contributed by atoms with Gasteiger partial charge in [-0.15, -0.1) is 0 Å². The molecule has 1 atom stereocenters. The number of para-hydroxylation sites is 1. The summed E-state index contributed by atoms with van der Waals surface area (Å²) < 4.78 is 21.0. The number of imidazole rings is 1. The van der Waals surface area contributed by atoms with E-state index in [1.807, 2.05) is 24.3 Å². The lowest BCUT2D eigenvalue weighted by Gasteiger charge is -2.23. The average Bonchev–Trinajstić information content (AvgIpc) is 3.05. The number of rotatable bonds is 3. The summed E-state index contributed by atoms with van der Waals surface area (Å²) >= 11 is 0. The first-order valence-electron chi connectivity index (χ1n) is 7.93. The van der Waals surface area contributed by atoms with Crippen LogP contribution in [0.25, 0.3) is 5.69 Å². The number of halogens is 1. The number of amides is 1. The molecule has 0 fully saturated rings. The third-order valence-electron chi connectivity index (χ3n) is 4.38. The molecule has 0 spiro atoms. The number of hydrogen-bond acceptors (Lipinski definition) is 3. The SMILES string of the molecule is COc1cccc([C@@H]2CC(=O)Nc3c2ncn3-c2ccccc2F)c1. The summed E-state index contributed by atoms with van der Waals surface area (Å²) in [6.07, 6.45) is 1.83. The fraction of sp³-hybridized carbons (Fsp3) is 0.158. The van der Waals surface area contributed by atoms with Crippen molar-refractivity contribution in [3.63, 3.8) is 0 Å². The van der Waals surface area contributed by atoms with Crippen molar-refractivity contribution in [3.8, 4) is 11.4 Å². The van der Waals surface area contributed by atoms with E-state index in [1.165, 1.54) is 6.07 Å². The van der Waals surface area contributed by atoms with Crippen LogP contribution in [0, 0.1) is 5.82 Å². The minimum absolute atomic E-state index is 0.126. The van der Waals surface area contributed by atoms with E-state index in [-0.39, 0.29) is 24.1 Å². The smallest absolute Gasteiger partial charge is 0.226 e. The lowest BCUT2D eigenvalue weighted by molar-refractivity contribution is -0.116. The van der Waals surface area contributed by atoms with Crippen LogP contribution in [-0.2, 0) is 4.79 Å². The van der Waals surface area contributed by atoms with Crippen LogP contribution >= 0.6 is 0 Å². The average molecular weight is 337 g/mol. The Balaban J connectivity index is 1.83. The topological polar surface area (TPSA) is 56.1 Å². The molecule has 1 aromatic heterocycles. The quantitative estimate of drug-likeness (QED) is 0.796. The van der Waals surface area contributed by atoms with Crippen molar-refractivity contribution in [2.75, 3.05) is 12.4 Å². The highest BCUT2D eigenvalue weighted by Crippen LogP contribution is 2.38. The van der Waals surface area contributed by atoms with Crippen LogP contribution in [0.15, 0.2) is 54.9 Å². The molecule has 0 saturated carbocycles. The zero-order valence-electron chi connectivity index (χ0n) is 13.6. The van der Waals surface area contributed by atoms with E-state index >= 15 is 0 Å². The Kier molecular flexibility index (Phi) is 3.72. The second-order valence-corrected chi connectivity index (χ2v) is 5.88. The molecular weight excluding hydrogens is 321 g/mol. The highest BCUT2D eigenvalue weighted by atomic mass is 19.1. The molecule has 2 heterocycles. The number of ether oxygens (including phenoxy) is 1. The molecule has 2 aromatic carbocycles. The molecule has 126 valence electrons. The number of benzene rings is 2. The van der Waals surface area contributed by atoms with Gasteiger partial charge in [0.25, 0.3) is 0 Å². The fourth-order valence-corrected chi connectivity index (χ4v) is 3.17. The maximum atomic E-state index is 14.2. The van der Waals surface area contributed by atoms with Crippen molar-refractivity contribution < 1.29 is 13.9 Å². The predicted molar refractivity (Wildman–Crippen MR) is 91.6 cm³/mol. The van der Waals surface area contributed by atoms with Crippen molar-refractivity contribution in [1.82, 2.24) is 9.55 Å². The van der Waals surface area contributed by atoms with E-state index in [9.17, 15) is 9.18 Å². The van der Waals surface area contributed by atoms with Crippen molar-refractivity contribution in [1.29, 1.82) is 0 Å². The third-order valence-corrected chi connectivity index (χ3v) is 4.38. The van der Waals surface area contributed by atoms with Gasteiger partial charge < -0.3 is 10.1 Å². The Hall–Kier alpha value is -3.15. The first-order valence-corrected chi connectivity index (χ1v) is 7.93. The number of anilines is 1. The number of aromatic nitrogens is 2. The zero-order chi connectivity index (χ0) is 17.4. The van der Waals surface area contributed by atoms with Crippen LogP contribution in [0.2, 0.25) is 0 Å². The van der Waals surface area contributed by atoms with Gasteiger partial charge in [0.15, 0.2) is 0 Å². The van der Waals surface area contributed by atoms with Crippen molar-refractivity contribution >= 4 is 11.7 Å². The Morgan fingerprint density at radius 3 is 2.88 bits per heavy atom. The first-order chi connectivity index (χ1) is 12.2. The lowest BCUT2D eigenvalue weighted by Crippen LogP contribution is -2.25. The molecule has 0 unspecified atom stereocenters. The molecule has 6 heteroatoms. The van der Waals surface area contributed by atoms with E-state index in [0.717, 1.165) is 17.0 Å². The minimum atomic E-state index is -0.375. The van der Waals surface area contributed by atoms with Gasteiger partial charge in [0, 0.05) is 12.3 Å². The van der Waals surface area contributed by atoms with Gasteiger partial charge in [0.2, 0.25) is 5.91 Å². The van der Waals surface area contributed by atoms with E-state index in [0.29, 0.717) is 11.5 Å². The van der Waals surface area contributed by atoms with Gasteiger partial charge in [-0.05, 0) is 29.8 Å². The van der Waals surface area contributed by atoms with Crippen molar-refractivity contribution in [3.05, 3.63) is 71.9 Å². The maximum Gasteiger partial charge on any atom is 0.226 e. The molecule has 0 bridgehead atoms. The van der Waals surface area contributed by atoms with Gasteiger partial charge in [-0.2, -0.15) is 0 Å². The number of fused-ring (bicyclic) bond motifs is 1. The number of hydrogen-bond donors (Lipinski definition) is 1. The molecule has 0 radical (unpaired) electrons. The summed E-state index contributed by atoms with van der Waals surface area (Å²) in [5.74, 6) is 0.526. The van der Waals surface area contributed by atoms with Crippen molar-refractivity contribution in [2.24, 2.45) is 0 Å². The van der Waals surface area contributed by atoms with Crippen LogP contribution in [0.3, 0.4) is 0 Å². The number of methoxy groups -OCH3 is 1. The number of carbonyl (C=O) groups excluding carboxylic acids is 1. The summed E-state index contributed by atoms with van der Waals surface area (Å²) in [5, 5.41) is 2.83. The number of nitrogens with zero attached hydrogens (tertiary/aromatic N) is 2. The second-order valence-electron chi connectivity index (χ2n) is 5.88. The summed E-state index contributed by atoms with van der Waals surface area (Å²) in [5.41, 5.74) is 2.01. The molecule has 1 N–H and O–H groups in total. The van der Waals surface area contributed by atoms with Gasteiger partial charge in [-0.1, -0.05) is 24.3 Å². The molecule has 5 nitrogen and oxygen atoms in total. The normalized spacial score (nSPS) is 16.2. The highest BCUT2D eigenvalue weighted by molar-refractivity contribution is 5.94. The molecule has 1 aliphatic rings. The molecule has 25 heavy (non-hydrogen) atoms. The summed E-state index contributed by atoms with van der Waals surface area (Å²) in [6.45, 7) is 0. The molecule has 0 saturated heterocycles. The van der Waals surface area contributed by atoms with Crippen molar-refractivity contribution in [2.45, 2.75) is 12.3 Å². The van der Waals surface area contributed by atoms with E-state index < -0.39 is 0 Å². The summed E-state index contributed by atoms with van der Waals surface area (Å²) in [4.78, 5) is 16.7. The summed E-state index contributed by atoms with van der Waals surface area (Å²) in [6, 6.07) is 14.0. The Labute approximate surface area is 144 Å². The molecule has 1 aliphatic heterocycles. The van der Waals surface area contributed by atoms with Gasteiger partial charge in [-0.3, -0.25) is 9.36 Å². The maximum absolute atomic E-state index is 14.2. The van der Waals surface area contributed by atoms with Crippen LogP contribution < -0.4 is 10.1 Å². The van der Waals surface area contributed by atoms with Gasteiger partial charge >= 0.3 is 0 Å². The largest absolute Gasteiger partial charge is 0.497 e. The minimum Gasteiger partial charge on any atom is -0.497 e.